The Morgan fingerprint density at radius 3 is 2.53 bits per heavy atom. The van der Waals surface area contributed by atoms with Gasteiger partial charge in [0.2, 0.25) is 5.91 Å². The molecule has 0 unspecified atom stereocenters. The first-order valence-electron chi connectivity index (χ1n) is 12.3. The summed E-state index contributed by atoms with van der Waals surface area (Å²) in [6.07, 6.45) is 0. The van der Waals surface area contributed by atoms with Crippen LogP contribution in [0, 0.1) is 30.0 Å². The van der Waals surface area contributed by atoms with E-state index in [4.69, 9.17) is 4.74 Å². The van der Waals surface area contributed by atoms with E-state index in [1.165, 1.54) is 18.2 Å². The maximum absolute atomic E-state index is 14.7. The first-order valence-corrected chi connectivity index (χ1v) is 12.3. The number of nitrogens with one attached hydrogen (secondary N) is 1. The zero-order valence-corrected chi connectivity index (χ0v) is 21.5. The molecule has 0 aliphatic carbocycles. The van der Waals surface area contributed by atoms with Crippen LogP contribution in [0.3, 0.4) is 0 Å². The van der Waals surface area contributed by atoms with Crippen molar-refractivity contribution in [2.75, 3.05) is 46.5 Å². The van der Waals surface area contributed by atoms with Crippen LogP contribution in [0.2, 0.25) is 0 Å². The Balaban J connectivity index is 2.07. The number of hydrogen-bond donors (Lipinski definition) is 3. The fourth-order valence-corrected chi connectivity index (χ4v) is 4.84. The van der Waals surface area contributed by atoms with Gasteiger partial charge in [-0.3, -0.25) is 14.5 Å². The van der Waals surface area contributed by atoms with Crippen molar-refractivity contribution < 1.29 is 28.9 Å². The van der Waals surface area contributed by atoms with Crippen molar-refractivity contribution in [2.45, 2.75) is 26.7 Å². The van der Waals surface area contributed by atoms with Crippen LogP contribution in [0.5, 0.6) is 5.75 Å². The molecule has 0 bridgehead atoms. The third kappa shape index (κ3) is 6.49. The maximum atomic E-state index is 14.7. The average Bonchev–Trinajstić information content (AvgIpc) is 2.87. The summed E-state index contributed by atoms with van der Waals surface area (Å²) in [6.45, 7) is 7.23. The van der Waals surface area contributed by atoms with Crippen molar-refractivity contribution in [1.82, 2.24) is 10.2 Å². The Morgan fingerprint density at radius 2 is 1.86 bits per heavy atom. The number of halogens is 1. The SMILES string of the molecule is COCCN1C[C@H](C(=O)c2cccc(O)c2)[C@@H](c2cccc(F)c2C)[C@H](C(=O)NCC(C)(C)CO)C1. The summed E-state index contributed by atoms with van der Waals surface area (Å²) in [7, 11) is 1.60. The molecule has 36 heavy (non-hydrogen) atoms. The predicted octanol–water partition coefficient (Wildman–Crippen LogP) is 3.14. The van der Waals surface area contributed by atoms with Gasteiger partial charge in [0.05, 0.1) is 12.5 Å². The van der Waals surface area contributed by atoms with Gasteiger partial charge in [0.25, 0.3) is 0 Å². The van der Waals surface area contributed by atoms with Crippen molar-refractivity contribution in [3.63, 3.8) is 0 Å². The standard InChI is InChI=1S/C28H37FN2O5/c1-18-21(9-6-10-24(18)29)25-22(26(34)19-7-5-8-20(33)13-19)14-31(11-12-36-4)15-23(25)27(35)30-16-28(2,3)17-32/h5-10,13,22-23,25,32-33H,11-12,14-17H2,1-4H3,(H,30,35)/t22-,23+,25+/m0/s1. The number of methoxy groups -OCH3 is 1. The van der Waals surface area contributed by atoms with Crippen LogP contribution < -0.4 is 5.32 Å². The van der Waals surface area contributed by atoms with E-state index in [1.807, 2.05) is 18.7 Å². The zero-order valence-electron chi connectivity index (χ0n) is 21.5. The number of aliphatic hydroxyl groups is 1. The lowest BCUT2D eigenvalue weighted by Gasteiger charge is -2.43. The van der Waals surface area contributed by atoms with Gasteiger partial charge in [-0.1, -0.05) is 38.1 Å². The highest BCUT2D eigenvalue weighted by molar-refractivity contribution is 5.99. The molecule has 3 atom stereocenters. The zero-order chi connectivity index (χ0) is 26.5. The number of ether oxygens (including phenoxy) is 1. The molecular weight excluding hydrogens is 463 g/mol. The fourth-order valence-electron chi connectivity index (χ4n) is 4.84. The number of likely N-dealkylation sites (tertiary alicyclic amines) is 1. The molecule has 1 aliphatic rings. The number of carbonyl (C=O) groups excluding carboxylic acids is 2. The summed E-state index contributed by atoms with van der Waals surface area (Å²) in [6, 6.07) is 10.9. The first kappa shape index (κ1) is 27.8. The number of phenols is 1. The number of carbonyl (C=O) groups is 2. The molecule has 0 saturated carbocycles. The molecule has 8 heteroatoms. The van der Waals surface area contributed by atoms with Crippen molar-refractivity contribution in [3.05, 3.63) is 65.0 Å². The minimum atomic E-state index is -0.653. The quantitative estimate of drug-likeness (QED) is 0.434. The van der Waals surface area contributed by atoms with E-state index in [0.717, 1.165) is 0 Å². The van der Waals surface area contributed by atoms with Gasteiger partial charge >= 0.3 is 0 Å². The highest BCUT2D eigenvalue weighted by atomic mass is 19.1. The molecule has 7 nitrogen and oxygen atoms in total. The van der Waals surface area contributed by atoms with Gasteiger partial charge in [-0.15, -0.1) is 0 Å². The number of ketones is 1. The van der Waals surface area contributed by atoms with Crippen LogP contribution in [0.15, 0.2) is 42.5 Å². The summed E-state index contributed by atoms with van der Waals surface area (Å²) >= 11 is 0. The number of nitrogens with zero attached hydrogens (tertiary/aromatic N) is 1. The second-order valence-electron chi connectivity index (χ2n) is 10.4. The van der Waals surface area contributed by atoms with Gasteiger partial charge in [0.15, 0.2) is 5.78 Å². The largest absolute Gasteiger partial charge is 0.508 e. The number of piperidine rings is 1. The van der Waals surface area contributed by atoms with Crippen molar-refractivity contribution in [2.24, 2.45) is 17.3 Å². The van der Waals surface area contributed by atoms with Gasteiger partial charge < -0.3 is 20.3 Å². The van der Waals surface area contributed by atoms with E-state index in [9.17, 15) is 24.2 Å². The maximum Gasteiger partial charge on any atom is 0.225 e. The Bertz CT molecular complexity index is 1070. The third-order valence-corrected chi connectivity index (χ3v) is 7.03. The van der Waals surface area contributed by atoms with Gasteiger partial charge in [-0.05, 0) is 36.2 Å². The van der Waals surface area contributed by atoms with E-state index < -0.39 is 29.0 Å². The smallest absolute Gasteiger partial charge is 0.225 e. The average molecular weight is 501 g/mol. The number of hydrogen-bond acceptors (Lipinski definition) is 6. The second kappa shape index (κ2) is 12.0. The van der Waals surface area contributed by atoms with E-state index in [2.05, 4.69) is 5.32 Å². The number of Topliss-reactive ketones (excluding diaryl/α,β-unsaturated/α-hetero) is 1. The molecule has 2 aromatic carbocycles. The summed E-state index contributed by atoms with van der Waals surface area (Å²) in [5.74, 6) is -2.75. The molecule has 1 saturated heterocycles. The molecule has 1 fully saturated rings. The van der Waals surface area contributed by atoms with Crippen LogP contribution in [-0.4, -0.2) is 73.3 Å². The van der Waals surface area contributed by atoms with Gasteiger partial charge in [0, 0.05) is 62.7 Å². The number of phenolic OH excluding ortho intramolecular Hbond substituents is 1. The van der Waals surface area contributed by atoms with Crippen LogP contribution in [0.25, 0.3) is 0 Å². The van der Waals surface area contributed by atoms with Crippen molar-refractivity contribution in [3.8, 4) is 5.75 Å². The molecule has 3 N–H and O–H groups in total. The monoisotopic (exact) mass is 500 g/mol. The molecule has 3 rings (SSSR count). The Hall–Kier alpha value is -2.81. The number of aromatic hydroxyl groups is 1. The Kier molecular flexibility index (Phi) is 9.22. The van der Waals surface area contributed by atoms with Crippen molar-refractivity contribution in [1.29, 1.82) is 0 Å². The minimum Gasteiger partial charge on any atom is -0.508 e. The summed E-state index contributed by atoms with van der Waals surface area (Å²) in [5, 5.41) is 22.6. The van der Waals surface area contributed by atoms with E-state index in [1.54, 1.807) is 38.3 Å². The highest BCUT2D eigenvalue weighted by Gasteiger charge is 2.45. The normalized spacial score (nSPS) is 20.8. The Morgan fingerprint density at radius 1 is 1.17 bits per heavy atom. The van der Waals surface area contributed by atoms with Crippen LogP contribution in [0.1, 0.15) is 41.3 Å². The van der Waals surface area contributed by atoms with Gasteiger partial charge in [-0.25, -0.2) is 4.39 Å². The van der Waals surface area contributed by atoms with Gasteiger partial charge in [-0.2, -0.15) is 0 Å². The lowest BCUT2D eigenvalue weighted by Crippen LogP contribution is -2.54. The number of benzene rings is 2. The lowest BCUT2D eigenvalue weighted by atomic mass is 9.69. The predicted molar refractivity (Wildman–Crippen MR) is 135 cm³/mol. The summed E-state index contributed by atoms with van der Waals surface area (Å²) < 4.78 is 19.9. The summed E-state index contributed by atoms with van der Waals surface area (Å²) in [5.41, 5.74) is 0.867. The van der Waals surface area contributed by atoms with E-state index in [0.29, 0.717) is 42.9 Å². The van der Waals surface area contributed by atoms with Crippen molar-refractivity contribution >= 4 is 11.7 Å². The fraction of sp³-hybridized carbons (Fsp3) is 0.500. The first-order chi connectivity index (χ1) is 17.1. The topological polar surface area (TPSA) is 99.1 Å². The third-order valence-electron chi connectivity index (χ3n) is 7.03. The second-order valence-corrected chi connectivity index (χ2v) is 10.4. The summed E-state index contributed by atoms with van der Waals surface area (Å²) in [4.78, 5) is 29.5. The molecule has 0 radical (unpaired) electrons. The molecule has 0 spiro atoms. The molecule has 196 valence electrons. The molecule has 1 heterocycles. The van der Waals surface area contributed by atoms with Crippen LogP contribution >= 0.6 is 0 Å². The molecular formula is C28H37FN2O5. The number of amides is 1. The number of aliphatic hydroxyl groups excluding tert-OH is 1. The minimum absolute atomic E-state index is 0.0214. The van der Waals surface area contributed by atoms with E-state index >= 15 is 0 Å². The number of rotatable bonds is 10. The Labute approximate surface area is 212 Å². The molecule has 0 aromatic heterocycles. The molecule has 2 aromatic rings. The van der Waals surface area contributed by atoms with Crippen LogP contribution in [0.4, 0.5) is 4.39 Å². The van der Waals surface area contributed by atoms with Crippen LogP contribution in [-0.2, 0) is 9.53 Å². The highest BCUT2D eigenvalue weighted by Crippen LogP contribution is 2.41. The molecule has 1 amide bonds. The lowest BCUT2D eigenvalue weighted by molar-refractivity contribution is -0.128. The molecule has 1 aliphatic heterocycles. The van der Waals surface area contributed by atoms with E-state index in [-0.39, 0.29) is 30.6 Å². The van der Waals surface area contributed by atoms with Gasteiger partial charge in [0.1, 0.15) is 11.6 Å².